The molecule has 3 aromatic heterocycles. The zero-order valence-corrected chi connectivity index (χ0v) is 21.1. The van der Waals surface area contributed by atoms with Crippen LogP contribution in [0.5, 0.6) is 0 Å². The van der Waals surface area contributed by atoms with Gasteiger partial charge >= 0.3 is 0 Å². The number of rotatable bonds is 7. The van der Waals surface area contributed by atoms with E-state index in [0.29, 0.717) is 46.2 Å². The maximum Gasteiger partial charge on any atom is 0.247 e. The highest BCUT2D eigenvalue weighted by Gasteiger charge is 2.46. The van der Waals surface area contributed by atoms with Gasteiger partial charge in [0.2, 0.25) is 30.1 Å². The Morgan fingerprint density at radius 2 is 2.08 bits per heavy atom. The maximum atomic E-state index is 13.2. The number of hydrogen-bond donors (Lipinski definition) is 2. The van der Waals surface area contributed by atoms with Crippen LogP contribution in [0.4, 0.5) is 14.7 Å². The zero-order valence-electron chi connectivity index (χ0n) is 19.5. The molecule has 1 aliphatic carbocycles. The van der Waals surface area contributed by atoms with Crippen LogP contribution in [0.3, 0.4) is 0 Å². The number of fused-ring (bicyclic) bond motifs is 1. The molecule has 1 aliphatic rings. The minimum atomic E-state index is -2.56. The summed E-state index contributed by atoms with van der Waals surface area (Å²) in [5, 5.41) is 18.9. The molecule has 2 atom stereocenters. The normalized spacial score (nSPS) is 19.8. The van der Waals surface area contributed by atoms with Crippen LogP contribution < -0.4 is 10.6 Å². The molecule has 3 heterocycles. The van der Waals surface area contributed by atoms with Gasteiger partial charge in [-0.2, -0.15) is 10.1 Å². The molecule has 1 saturated carbocycles. The number of carbonyl (C=O) groups excluding carboxylic acids is 1. The Bertz CT molecular complexity index is 1410. The molecule has 0 unspecified atom stereocenters. The third kappa shape index (κ3) is 4.54. The summed E-state index contributed by atoms with van der Waals surface area (Å²) in [6.45, 7) is 1.73. The molecule has 13 heteroatoms. The van der Waals surface area contributed by atoms with E-state index in [9.17, 15) is 13.6 Å². The van der Waals surface area contributed by atoms with Crippen LogP contribution in [0.1, 0.15) is 31.6 Å². The number of nitrogens with one attached hydrogen (secondary N) is 2. The number of nitrogens with zero attached hydrogens (tertiary/aromatic N) is 6. The third-order valence-corrected chi connectivity index (χ3v) is 7.05. The van der Waals surface area contributed by atoms with E-state index in [1.807, 2.05) is 24.3 Å². The van der Waals surface area contributed by atoms with Crippen molar-refractivity contribution < 1.29 is 18.0 Å². The number of benzene rings is 1. The lowest BCUT2D eigenvalue weighted by atomic mass is 9.81. The molecule has 0 spiro atoms. The first-order valence-electron chi connectivity index (χ1n) is 11.4. The fraction of sp³-hybridized carbons (Fsp3) is 0.391. The van der Waals surface area contributed by atoms with E-state index >= 15 is 0 Å². The summed E-state index contributed by atoms with van der Waals surface area (Å²) in [6, 6.07) is 7.22. The van der Waals surface area contributed by atoms with Crippen molar-refractivity contribution in [1.82, 2.24) is 35.3 Å². The Labute approximate surface area is 213 Å². The Morgan fingerprint density at radius 1 is 1.31 bits per heavy atom. The van der Waals surface area contributed by atoms with Gasteiger partial charge in [0.25, 0.3) is 0 Å². The first-order chi connectivity index (χ1) is 17.3. The summed E-state index contributed by atoms with van der Waals surface area (Å²) >= 11 is 3.46. The third-order valence-electron chi connectivity index (χ3n) is 6.46. The average molecular weight is 561 g/mol. The van der Waals surface area contributed by atoms with Gasteiger partial charge in [-0.25, -0.2) is 18.4 Å². The SMILES string of the molecule is CNC(=O)[C@]1(CC(F)F)CC[C@@H](Nc2ncc3c(Br)nn(-c4ccc(-c5nnc(C)o5)cc4)c3n2)C1. The number of hydrogen-bond acceptors (Lipinski definition) is 8. The van der Waals surface area contributed by atoms with E-state index in [0.717, 1.165) is 11.3 Å². The molecule has 0 bridgehead atoms. The zero-order chi connectivity index (χ0) is 25.4. The molecule has 1 fully saturated rings. The summed E-state index contributed by atoms with van der Waals surface area (Å²) in [5.74, 6) is 0.890. The Kier molecular flexibility index (Phi) is 6.41. The second kappa shape index (κ2) is 9.52. The Balaban J connectivity index is 1.40. The number of carbonyl (C=O) groups is 1. The van der Waals surface area contributed by atoms with Crippen LogP contribution in [0.15, 0.2) is 39.5 Å². The fourth-order valence-electron chi connectivity index (χ4n) is 4.75. The van der Waals surface area contributed by atoms with Crippen molar-refractivity contribution in [3.8, 4) is 17.1 Å². The number of halogens is 3. The minimum Gasteiger partial charge on any atom is -0.421 e. The van der Waals surface area contributed by atoms with Gasteiger partial charge in [0.15, 0.2) is 5.65 Å². The monoisotopic (exact) mass is 560 g/mol. The van der Waals surface area contributed by atoms with E-state index in [-0.39, 0.29) is 18.4 Å². The van der Waals surface area contributed by atoms with Crippen molar-refractivity contribution in [3.63, 3.8) is 0 Å². The highest BCUT2D eigenvalue weighted by Crippen LogP contribution is 2.44. The summed E-state index contributed by atoms with van der Waals surface area (Å²) in [6.07, 6.45) is -0.182. The molecule has 36 heavy (non-hydrogen) atoms. The first kappa shape index (κ1) is 24.2. The quantitative estimate of drug-likeness (QED) is 0.343. The van der Waals surface area contributed by atoms with Crippen molar-refractivity contribution in [3.05, 3.63) is 41.0 Å². The maximum absolute atomic E-state index is 13.2. The molecule has 0 radical (unpaired) electrons. The van der Waals surface area contributed by atoms with Gasteiger partial charge < -0.3 is 15.1 Å². The molecular weight excluding hydrogens is 538 g/mol. The average Bonchev–Trinajstić information content (AvgIpc) is 3.56. The molecule has 2 N–H and O–H groups in total. The molecule has 10 nitrogen and oxygen atoms in total. The predicted octanol–water partition coefficient (Wildman–Crippen LogP) is 4.29. The van der Waals surface area contributed by atoms with Crippen molar-refractivity contribution in [1.29, 1.82) is 0 Å². The van der Waals surface area contributed by atoms with Crippen LogP contribution in [0, 0.1) is 12.3 Å². The summed E-state index contributed by atoms with van der Waals surface area (Å²) < 4.78 is 34.2. The molecule has 1 aromatic carbocycles. The van der Waals surface area contributed by atoms with E-state index in [4.69, 9.17) is 4.42 Å². The molecule has 188 valence electrons. The topological polar surface area (TPSA) is 124 Å². The van der Waals surface area contributed by atoms with Gasteiger partial charge in [-0.1, -0.05) is 0 Å². The molecule has 0 aliphatic heterocycles. The van der Waals surface area contributed by atoms with Crippen molar-refractivity contribution in [2.75, 3.05) is 12.4 Å². The van der Waals surface area contributed by atoms with Crippen LogP contribution in [0.2, 0.25) is 0 Å². The largest absolute Gasteiger partial charge is 0.421 e. The number of amides is 1. The molecule has 0 saturated heterocycles. The highest BCUT2D eigenvalue weighted by molar-refractivity contribution is 9.10. The van der Waals surface area contributed by atoms with Crippen LogP contribution in [-0.2, 0) is 4.79 Å². The molecule has 5 rings (SSSR count). The number of anilines is 1. The van der Waals surface area contributed by atoms with Gasteiger partial charge in [0.05, 0.1) is 16.5 Å². The van der Waals surface area contributed by atoms with Crippen molar-refractivity contribution in [2.45, 2.75) is 45.1 Å². The standard InChI is InChI=1S/C23H23BrF2N8O2/c1-12-31-32-20(36-12)13-3-5-15(6-4-13)34-19-16(18(24)33-34)11-28-22(30-19)29-14-7-8-23(9-14,10-17(25)26)21(35)27-2/h3-6,11,14,17H,7-10H2,1-2H3,(H,27,35)(H,28,29,30)/t14-,23-/m1/s1. The summed E-state index contributed by atoms with van der Waals surface area (Å²) in [7, 11) is 1.47. The fourth-order valence-corrected chi connectivity index (χ4v) is 5.19. The summed E-state index contributed by atoms with van der Waals surface area (Å²) in [5.41, 5.74) is 0.987. The summed E-state index contributed by atoms with van der Waals surface area (Å²) in [4.78, 5) is 21.5. The minimum absolute atomic E-state index is 0.213. The van der Waals surface area contributed by atoms with Crippen molar-refractivity contribution >= 4 is 38.8 Å². The predicted molar refractivity (Wildman–Crippen MR) is 131 cm³/mol. The van der Waals surface area contributed by atoms with E-state index in [2.05, 4.69) is 51.8 Å². The first-order valence-corrected chi connectivity index (χ1v) is 12.2. The highest BCUT2D eigenvalue weighted by atomic mass is 79.9. The van der Waals surface area contributed by atoms with Crippen LogP contribution in [-0.4, -0.2) is 55.4 Å². The second-order valence-corrected chi connectivity index (χ2v) is 9.60. The van der Waals surface area contributed by atoms with Gasteiger partial charge in [-0.15, -0.1) is 10.2 Å². The molecule has 4 aromatic rings. The van der Waals surface area contributed by atoms with E-state index in [1.54, 1.807) is 17.8 Å². The van der Waals surface area contributed by atoms with Gasteiger partial charge in [-0.3, -0.25) is 4.79 Å². The second-order valence-electron chi connectivity index (χ2n) is 8.85. The lowest BCUT2D eigenvalue weighted by molar-refractivity contribution is -0.132. The molecule has 1 amide bonds. The van der Waals surface area contributed by atoms with Crippen molar-refractivity contribution in [2.24, 2.45) is 5.41 Å². The van der Waals surface area contributed by atoms with Gasteiger partial charge in [0, 0.05) is 38.2 Å². The number of aromatic nitrogens is 6. The van der Waals surface area contributed by atoms with E-state index < -0.39 is 18.3 Å². The van der Waals surface area contributed by atoms with Crippen LogP contribution in [0.25, 0.3) is 28.2 Å². The lowest BCUT2D eigenvalue weighted by Gasteiger charge is -2.27. The number of alkyl halides is 2. The lowest BCUT2D eigenvalue weighted by Crippen LogP contribution is -2.39. The Hall–Kier alpha value is -3.48. The Morgan fingerprint density at radius 3 is 2.75 bits per heavy atom. The van der Waals surface area contributed by atoms with E-state index in [1.165, 1.54) is 7.05 Å². The number of aryl methyl sites for hydroxylation is 1. The smallest absolute Gasteiger partial charge is 0.247 e. The van der Waals surface area contributed by atoms with Gasteiger partial charge in [0.1, 0.15) is 4.60 Å². The van der Waals surface area contributed by atoms with Gasteiger partial charge in [-0.05, 0) is 59.5 Å². The van der Waals surface area contributed by atoms with Crippen LogP contribution >= 0.6 is 15.9 Å². The molecular formula is C23H23BrF2N8O2.